The number of nitrogens with one attached hydrogen (secondary N) is 1. The Labute approximate surface area is 112 Å². The van der Waals surface area contributed by atoms with Gasteiger partial charge in [0.25, 0.3) is 0 Å². The number of amides is 1. The second kappa shape index (κ2) is 4.74. The van der Waals surface area contributed by atoms with Crippen molar-refractivity contribution in [2.75, 3.05) is 35.6 Å². The van der Waals surface area contributed by atoms with Gasteiger partial charge in [-0.3, -0.25) is 4.79 Å². The third kappa shape index (κ3) is 2.26. The van der Waals surface area contributed by atoms with E-state index in [1.54, 1.807) is 0 Å². The Kier molecular flexibility index (Phi) is 3.06. The molecule has 3 rings (SSSR count). The highest BCUT2D eigenvalue weighted by molar-refractivity contribution is 6.00. The van der Waals surface area contributed by atoms with Gasteiger partial charge >= 0.3 is 0 Å². The van der Waals surface area contributed by atoms with Crippen LogP contribution in [0, 0.1) is 0 Å². The Morgan fingerprint density at radius 1 is 1.53 bits per heavy atom. The first-order valence-corrected chi connectivity index (χ1v) is 6.76. The van der Waals surface area contributed by atoms with Crippen molar-refractivity contribution in [3.8, 4) is 0 Å². The first kappa shape index (κ1) is 12.3. The fourth-order valence-electron chi connectivity index (χ4n) is 2.74. The van der Waals surface area contributed by atoms with Gasteiger partial charge in [0.2, 0.25) is 5.91 Å². The third-order valence-corrected chi connectivity index (χ3v) is 3.81. The molecule has 1 aromatic rings. The fourth-order valence-corrected chi connectivity index (χ4v) is 2.74. The summed E-state index contributed by atoms with van der Waals surface area (Å²) in [5.41, 5.74) is 9.77. The van der Waals surface area contributed by atoms with Crippen molar-refractivity contribution in [2.24, 2.45) is 0 Å². The average Bonchev–Trinajstić information content (AvgIpc) is 2.77. The molecule has 1 unspecified atom stereocenters. The molecular formula is C14H19N3O2. The van der Waals surface area contributed by atoms with E-state index in [0.29, 0.717) is 6.42 Å². The van der Waals surface area contributed by atoms with Gasteiger partial charge in [0.15, 0.2) is 0 Å². The monoisotopic (exact) mass is 261 g/mol. The Morgan fingerprint density at radius 3 is 3.16 bits per heavy atom. The van der Waals surface area contributed by atoms with E-state index in [1.807, 2.05) is 12.1 Å². The van der Waals surface area contributed by atoms with Crippen molar-refractivity contribution in [2.45, 2.75) is 25.9 Å². The zero-order chi connectivity index (χ0) is 13.4. The molecule has 1 saturated heterocycles. The normalized spacial score (nSPS) is 22.3. The highest BCUT2D eigenvalue weighted by Gasteiger charge is 2.24. The van der Waals surface area contributed by atoms with E-state index in [1.165, 1.54) is 0 Å². The molecule has 0 bridgehead atoms. The minimum Gasteiger partial charge on any atom is -0.397 e. The number of rotatable bonds is 2. The van der Waals surface area contributed by atoms with Crippen molar-refractivity contribution in [1.29, 1.82) is 0 Å². The van der Waals surface area contributed by atoms with E-state index in [2.05, 4.69) is 17.1 Å². The number of benzene rings is 1. The summed E-state index contributed by atoms with van der Waals surface area (Å²) in [6, 6.07) is 3.91. The Hall–Kier alpha value is -1.75. The molecule has 5 heteroatoms. The maximum absolute atomic E-state index is 11.4. The number of nitrogens with two attached hydrogens (primary N) is 1. The van der Waals surface area contributed by atoms with Gasteiger partial charge in [-0.05, 0) is 24.1 Å². The van der Waals surface area contributed by atoms with Crippen LogP contribution >= 0.6 is 0 Å². The predicted molar refractivity (Wildman–Crippen MR) is 75.4 cm³/mol. The summed E-state index contributed by atoms with van der Waals surface area (Å²) in [7, 11) is 0. The molecule has 0 aliphatic carbocycles. The second-order valence-electron chi connectivity index (χ2n) is 5.14. The van der Waals surface area contributed by atoms with Gasteiger partial charge < -0.3 is 20.7 Å². The number of carbonyl (C=O) groups is 1. The largest absolute Gasteiger partial charge is 0.397 e. The van der Waals surface area contributed by atoms with Crippen LogP contribution in [0.3, 0.4) is 0 Å². The maximum Gasteiger partial charge on any atom is 0.228 e. The standard InChI is InChI=1S/C14H19N3O2/c1-2-10-8-17(3-4-19-10)13-7-12-9(5-11(13)15)6-14(18)16-12/h5,7,10H,2-4,6,8,15H2,1H3,(H,16,18). The average molecular weight is 261 g/mol. The molecular weight excluding hydrogens is 242 g/mol. The van der Waals surface area contributed by atoms with Gasteiger partial charge in [0.05, 0.1) is 30.5 Å². The van der Waals surface area contributed by atoms with E-state index in [9.17, 15) is 4.79 Å². The van der Waals surface area contributed by atoms with Crippen molar-refractivity contribution in [3.05, 3.63) is 17.7 Å². The van der Waals surface area contributed by atoms with Crippen LogP contribution in [-0.4, -0.2) is 31.7 Å². The SMILES string of the molecule is CCC1CN(c2cc3c(cc2N)CC(=O)N3)CCO1. The molecule has 0 spiro atoms. The smallest absolute Gasteiger partial charge is 0.228 e. The van der Waals surface area contributed by atoms with Gasteiger partial charge in [-0.1, -0.05) is 6.92 Å². The van der Waals surface area contributed by atoms with Gasteiger partial charge in [-0.15, -0.1) is 0 Å². The van der Waals surface area contributed by atoms with Crippen LogP contribution in [0.15, 0.2) is 12.1 Å². The maximum atomic E-state index is 11.4. The van der Waals surface area contributed by atoms with Crippen LogP contribution in [0.5, 0.6) is 0 Å². The molecule has 1 fully saturated rings. The molecule has 3 N–H and O–H groups in total. The molecule has 2 heterocycles. The summed E-state index contributed by atoms with van der Waals surface area (Å²) >= 11 is 0. The third-order valence-electron chi connectivity index (χ3n) is 3.81. The highest BCUT2D eigenvalue weighted by atomic mass is 16.5. The fraction of sp³-hybridized carbons (Fsp3) is 0.500. The van der Waals surface area contributed by atoms with Gasteiger partial charge in [0, 0.05) is 18.8 Å². The van der Waals surface area contributed by atoms with E-state index in [4.69, 9.17) is 10.5 Å². The first-order valence-electron chi connectivity index (χ1n) is 6.76. The summed E-state index contributed by atoms with van der Waals surface area (Å²) < 4.78 is 5.68. The lowest BCUT2D eigenvalue weighted by molar-refractivity contribution is -0.115. The van der Waals surface area contributed by atoms with Gasteiger partial charge in [0.1, 0.15) is 0 Å². The highest BCUT2D eigenvalue weighted by Crippen LogP contribution is 2.34. The molecule has 102 valence electrons. The zero-order valence-electron chi connectivity index (χ0n) is 11.1. The number of nitrogens with zero attached hydrogens (tertiary/aromatic N) is 1. The summed E-state index contributed by atoms with van der Waals surface area (Å²) in [6.45, 7) is 4.54. The Balaban J connectivity index is 1.89. The Morgan fingerprint density at radius 2 is 2.37 bits per heavy atom. The molecule has 0 radical (unpaired) electrons. The van der Waals surface area contributed by atoms with E-state index in [-0.39, 0.29) is 12.0 Å². The predicted octanol–water partition coefficient (Wildman–Crippen LogP) is 1.38. The topological polar surface area (TPSA) is 67.6 Å². The summed E-state index contributed by atoms with van der Waals surface area (Å²) in [5, 5.41) is 2.88. The molecule has 0 saturated carbocycles. The molecule has 1 amide bonds. The minimum absolute atomic E-state index is 0.0416. The molecule has 2 aliphatic rings. The number of nitrogen functional groups attached to an aromatic ring is 1. The van der Waals surface area contributed by atoms with E-state index < -0.39 is 0 Å². The van der Waals surface area contributed by atoms with E-state index >= 15 is 0 Å². The first-order chi connectivity index (χ1) is 9.17. The lowest BCUT2D eigenvalue weighted by Crippen LogP contribution is -2.42. The molecule has 5 nitrogen and oxygen atoms in total. The summed E-state index contributed by atoms with van der Waals surface area (Å²) in [6.07, 6.45) is 1.69. The van der Waals surface area contributed by atoms with Crippen LogP contribution in [0.1, 0.15) is 18.9 Å². The number of hydrogen-bond acceptors (Lipinski definition) is 4. The zero-order valence-corrected chi connectivity index (χ0v) is 11.1. The van der Waals surface area contributed by atoms with Crippen molar-refractivity contribution >= 4 is 23.0 Å². The van der Waals surface area contributed by atoms with Crippen LogP contribution in [-0.2, 0) is 16.0 Å². The van der Waals surface area contributed by atoms with Crippen LogP contribution in [0.25, 0.3) is 0 Å². The molecule has 1 aromatic carbocycles. The number of ether oxygens (including phenoxy) is 1. The van der Waals surface area contributed by atoms with Crippen molar-refractivity contribution < 1.29 is 9.53 Å². The number of carbonyl (C=O) groups excluding carboxylic acids is 1. The van der Waals surface area contributed by atoms with Gasteiger partial charge in [-0.2, -0.15) is 0 Å². The van der Waals surface area contributed by atoms with E-state index in [0.717, 1.165) is 48.7 Å². The molecule has 19 heavy (non-hydrogen) atoms. The quantitative estimate of drug-likeness (QED) is 0.789. The van der Waals surface area contributed by atoms with Crippen molar-refractivity contribution in [1.82, 2.24) is 0 Å². The number of anilines is 3. The van der Waals surface area contributed by atoms with Crippen LogP contribution < -0.4 is 16.0 Å². The summed E-state index contributed by atoms with van der Waals surface area (Å²) in [4.78, 5) is 13.7. The summed E-state index contributed by atoms with van der Waals surface area (Å²) in [5.74, 6) is 0.0416. The molecule has 1 atom stereocenters. The minimum atomic E-state index is 0.0416. The molecule has 0 aromatic heterocycles. The lowest BCUT2D eigenvalue weighted by atomic mass is 10.1. The van der Waals surface area contributed by atoms with Crippen molar-refractivity contribution in [3.63, 3.8) is 0 Å². The lowest BCUT2D eigenvalue weighted by Gasteiger charge is -2.35. The van der Waals surface area contributed by atoms with Gasteiger partial charge in [-0.25, -0.2) is 0 Å². The second-order valence-corrected chi connectivity index (χ2v) is 5.14. The van der Waals surface area contributed by atoms with Crippen LogP contribution in [0.4, 0.5) is 17.1 Å². The Bertz CT molecular complexity index is 516. The molecule has 2 aliphatic heterocycles. The van der Waals surface area contributed by atoms with Crippen LogP contribution in [0.2, 0.25) is 0 Å². The number of hydrogen-bond donors (Lipinski definition) is 2. The number of morpholine rings is 1. The number of fused-ring (bicyclic) bond motifs is 1.